The number of ether oxygens (including phenoxy) is 1. The van der Waals surface area contributed by atoms with Gasteiger partial charge in [-0.05, 0) is 56.7 Å². The van der Waals surface area contributed by atoms with E-state index in [1.165, 1.54) is 24.9 Å². The minimum Gasteiger partial charge on any atom is -0.497 e. The lowest BCUT2D eigenvalue weighted by Gasteiger charge is -2.45. The van der Waals surface area contributed by atoms with E-state index in [2.05, 4.69) is 48.3 Å². The Labute approximate surface area is 128 Å². The first-order valence-electron chi connectivity index (χ1n) is 8.19. The van der Waals surface area contributed by atoms with Gasteiger partial charge in [0.15, 0.2) is 0 Å². The van der Waals surface area contributed by atoms with Gasteiger partial charge in [-0.15, -0.1) is 0 Å². The summed E-state index contributed by atoms with van der Waals surface area (Å²) in [6, 6.07) is 9.26. The van der Waals surface area contributed by atoms with Gasteiger partial charge in [-0.1, -0.05) is 12.1 Å². The van der Waals surface area contributed by atoms with Gasteiger partial charge in [0, 0.05) is 31.2 Å². The van der Waals surface area contributed by atoms with E-state index in [0.29, 0.717) is 0 Å². The Balaban J connectivity index is 1.60. The minimum atomic E-state index is 0.241. The molecule has 1 unspecified atom stereocenters. The Hall–Kier alpha value is -1.06. The molecular weight excluding hydrogens is 260 g/mol. The molecular formula is C18H28N2O. The highest BCUT2D eigenvalue weighted by Gasteiger charge is 2.40. The van der Waals surface area contributed by atoms with Crippen LogP contribution in [0.15, 0.2) is 24.3 Å². The smallest absolute Gasteiger partial charge is 0.118 e. The van der Waals surface area contributed by atoms with E-state index in [0.717, 1.165) is 37.2 Å². The number of rotatable bonds is 5. The summed E-state index contributed by atoms with van der Waals surface area (Å²) in [7, 11) is 1.72. The van der Waals surface area contributed by atoms with Gasteiger partial charge < -0.3 is 10.1 Å². The second-order valence-electron chi connectivity index (χ2n) is 7.24. The van der Waals surface area contributed by atoms with Crippen molar-refractivity contribution in [3.63, 3.8) is 0 Å². The predicted octanol–water partition coefficient (Wildman–Crippen LogP) is 2.70. The maximum Gasteiger partial charge on any atom is 0.118 e. The van der Waals surface area contributed by atoms with Crippen molar-refractivity contribution in [1.29, 1.82) is 0 Å². The molecule has 21 heavy (non-hydrogen) atoms. The lowest BCUT2D eigenvalue weighted by atomic mass is 9.96. The van der Waals surface area contributed by atoms with Crippen LogP contribution in [0.5, 0.6) is 5.75 Å². The van der Waals surface area contributed by atoms with Gasteiger partial charge in [0.25, 0.3) is 0 Å². The Kier molecular flexibility index (Phi) is 4.23. The molecule has 1 aromatic rings. The van der Waals surface area contributed by atoms with Crippen LogP contribution in [0.3, 0.4) is 0 Å². The molecule has 0 amide bonds. The lowest BCUT2D eigenvalue weighted by molar-refractivity contribution is 0.0839. The number of hydrogen-bond donors (Lipinski definition) is 1. The molecule has 3 nitrogen and oxygen atoms in total. The van der Waals surface area contributed by atoms with Crippen molar-refractivity contribution in [2.75, 3.05) is 26.7 Å². The highest BCUT2D eigenvalue weighted by atomic mass is 16.5. The number of hydrogen-bond acceptors (Lipinski definition) is 3. The van der Waals surface area contributed by atoms with Crippen LogP contribution in [0.25, 0.3) is 0 Å². The van der Waals surface area contributed by atoms with E-state index < -0.39 is 0 Å². The van der Waals surface area contributed by atoms with Crippen molar-refractivity contribution < 1.29 is 4.74 Å². The zero-order valence-corrected chi connectivity index (χ0v) is 13.6. The number of nitrogens with one attached hydrogen (secondary N) is 1. The Morgan fingerprint density at radius 2 is 1.95 bits per heavy atom. The second-order valence-corrected chi connectivity index (χ2v) is 7.24. The fourth-order valence-electron chi connectivity index (χ4n) is 3.45. The molecule has 1 atom stereocenters. The molecule has 1 saturated heterocycles. The van der Waals surface area contributed by atoms with Gasteiger partial charge in [0.1, 0.15) is 5.75 Å². The van der Waals surface area contributed by atoms with Crippen LogP contribution in [0, 0.1) is 5.92 Å². The zero-order valence-electron chi connectivity index (χ0n) is 13.6. The average Bonchev–Trinajstić information content (AvgIpc) is 3.29. The highest BCUT2D eigenvalue weighted by Crippen LogP contribution is 2.37. The van der Waals surface area contributed by atoms with Gasteiger partial charge in [-0.25, -0.2) is 0 Å². The molecule has 2 aliphatic rings. The van der Waals surface area contributed by atoms with Crippen molar-refractivity contribution in [1.82, 2.24) is 10.2 Å². The SMILES string of the molecule is COc1ccc(CCN2CC(C)(C)NCC2C2CC2)cc1. The Morgan fingerprint density at radius 3 is 2.57 bits per heavy atom. The molecule has 0 bridgehead atoms. The van der Waals surface area contributed by atoms with Crippen molar-refractivity contribution in [3.05, 3.63) is 29.8 Å². The predicted molar refractivity (Wildman–Crippen MR) is 86.9 cm³/mol. The van der Waals surface area contributed by atoms with Gasteiger partial charge >= 0.3 is 0 Å². The maximum absolute atomic E-state index is 5.23. The first kappa shape index (κ1) is 14.9. The van der Waals surface area contributed by atoms with Crippen molar-refractivity contribution in [2.45, 2.75) is 44.7 Å². The largest absolute Gasteiger partial charge is 0.497 e. The molecule has 1 aliphatic carbocycles. The summed E-state index contributed by atoms with van der Waals surface area (Å²) in [4.78, 5) is 2.72. The first-order valence-corrected chi connectivity index (χ1v) is 8.19. The van der Waals surface area contributed by atoms with E-state index in [-0.39, 0.29) is 5.54 Å². The summed E-state index contributed by atoms with van der Waals surface area (Å²) in [5.74, 6) is 1.88. The maximum atomic E-state index is 5.23. The van der Waals surface area contributed by atoms with Gasteiger partial charge in [-0.2, -0.15) is 0 Å². The van der Waals surface area contributed by atoms with Crippen LogP contribution < -0.4 is 10.1 Å². The van der Waals surface area contributed by atoms with Crippen molar-refractivity contribution >= 4 is 0 Å². The standard InChI is InChI=1S/C18H28N2O/c1-18(2)13-20(17(12-19-18)15-6-7-15)11-10-14-4-8-16(21-3)9-5-14/h4-5,8-9,15,17,19H,6-7,10-13H2,1-3H3. The van der Waals surface area contributed by atoms with E-state index in [1.54, 1.807) is 7.11 Å². The molecule has 1 saturated carbocycles. The molecule has 1 heterocycles. The monoisotopic (exact) mass is 288 g/mol. The minimum absolute atomic E-state index is 0.241. The lowest BCUT2D eigenvalue weighted by Crippen LogP contribution is -2.62. The zero-order chi connectivity index (χ0) is 14.9. The average molecular weight is 288 g/mol. The Bertz CT molecular complexity index is 465. The summed E-state index contributed by atoms with van der Waals surface area (Å²) in [5.41, 5.74) is 1.65. The molecule has 0 spiro atoms. The van der Waals surface area contributed by atoms with E-state index in [1.807, 2.05) is 0 Å². The third-order valence-electron chi connectivity index (χ3n) is 4.87. The highest BCUT2D eigenvalue weighted by molar-refractivity contribution is 5.27. The molecule has 0 aromatic heterocycles. The summed E-state index contributed by atoms with van der Waals surface area (Å²) >= 11 is 0. The van der Waals surface area contributed by atoms with E-state index in [9.17, 15) is 0 Å². The number of methoxy groups -OCH3 is 1. The normalized spacial score (nSPS) is 25.8. The molecule has 1 aromatic carbocycles. The van der Waals surface area contributed by atoms with Crippen LogP contribution in [-0.2, 0) is 6.42 Å². The fourth-order valence-corrected chi connectivity index (χ4v) is 3.45. The first-order chi connectivity index (χ1) is 10.1. The summed E-state index contributed by atoms with van der Waals surface area (Å²) in [5, 5.41) is 3.71. The van der Waals surface area contributed by atoms with Gasteiger partial charge in [0.2, 0.25) is 0 Å². The van der Waals surface area contributed by atoms with E-state index in [4.69, 9.17) is 4.74 Å². The molecule has 0 radical (unpaired) electrons. The van der Waals surface area contributed by atoms with E-state index >= 15 is 0 Å². The number of benzene rings is 1. The topological polar surface area (TPSA) is 24.5 Å². The molecule has 3 heteroatoms. The number of piperazine rings is 1. The number of nitrogens with zero attached hydrogens (tertiary/aromatic N) is 1. The van der Waals surface area contributed by atoms with Crippen LogP contribution in [0.1, 0.15) is 32.3 Å². The van der Waals surface area contributed by atoms with Crippen LogP contribution >= 0.6 is 0 Å². The fraction of sp³-hybridized carbons (Fsp3) is 0.667. The summed E-state index contributed by atoms with van der Waals surface area (Å²) in [6.45, 7) is 8.11. The van der Waals surface area contributed by atoms with Crippen LogP contribution in [-0.4, -0.2) is 43.2 Å². The molecule has 2 fully saturated rings. The Morgan fingerprint density at radius 1 is 1.24 bits per heavy atom. The van der Waals surface area contributed by atoms with Crippen molar-refractivity contribution in [3.8, 4) is 5.75 Å². The third-order valence-corrected chi connectivity index (χ3v) is 4.87. The summed E-state index contributed by atoms with van der Waals surface area (Å²) < 4.78 is 5.23. The van der Waals surface area contributed by atoms with Gasteiger partial charge in [0.05, 0.1) is 7.11 Å². The van der Waals surface area contributed by atoms with Crippen LogP contribution in [0.2, 0.25) is 0 Å². The summed E-state index contributed by atoms with van der Waals surface area (Å²) in [6.07, 6.45) is 3.97. The van der Waals surface area contributed by atoms with Crippen molar-refractivity contribution in [2.24, 2.45) is 5.92 Å². The van der Waals surface area contributed by atoms with Crippen LogP contribution in [0.4, 0.5) is 0 Å². The molecule has 1 aliphatic heterocycles. The molecule has 3 rings (SSSR count). The molecule has 1 N–H and O–H groups in total. The van der Waals surface area contributed by atoms with Gasteiger partial charge in [-0.3, -0.25) is 4.90 Å². The molecule has 116 valence electrons. The third kappa shape index (κ3) is 3.78. The second kappa shape index (κ2) is 5.98. The quantitative estimate of drug-likeness (QED) is 0.901.